The minimum Gasteiger partial charge on any atom is -0.378 e. The lowest BCUT2D eigenvalue weighted by Gasteiger charge is -2.30. The molecule has 0 saturated carbocycles. The number of ether oxygens (including phenoxy) is 1. The van der Waals surface area contributed by atoms with E-state index in [1.165, 1.54) is 12.1 Å². The molecule has 1 heterocycles. The highest BCUT2D eigenvalue weighted by molar-refractivity contribution is 7.80. The van der Waals surface area contributed by atoms with E-state index in [0.717, 1.165) is 22.4 Å². The molecule has 1 aliphatic rings. The summed E-state index contributed by atoms with van der Waals surface area (Å²) in [7, 11) is 0. The van der Waals surface area contributed by atoms with Crippen LogP contribution in [0.2, 0.25) is 0 Å². The Balaban J connectivity index is 1.83. The van der Waals surface area contributed by atoms with Crippen molar-refractivity contribution in [2.24, 2.45) is 0 Å². The molecular formula is C21H24N4O4S. The maximum absolute atomic E-state index is 13.0. The summed E-state index contributed by atoms with van der Waals surface area (Å²) in [4.78, 5) is 25.7. The van der Waals surface area contributed by atoms with Gasteiger partial charge < -0.3 is 15.0 Å². The zero-order chi connectivity index (χ0) is 21.8. The van der Waals surface area contributed by atoms with Crippen LogP contribution in [0.15, 0.2) is 30.3 Å². The van der Waals surface area contributed by atoms with E-state index in [9.17, 15) is 14.9 Å². The van der Waals surface area contributed by atoms with Gasteiger partial charge in [0.2, 0.25) is 0 Å². The highest BCUT2D eigenvalue weighted by atomic mass is 32.1. The lowest BCUT2D eigenvalue weighted by atomic mass is 10.1. The van der Waals surface area contributed by atoms with Crippen LogP contribution < -0.4 is 15.5 Å². The molecule has 2 N–H and O–H groups in total. The first kappa shape index (κ1) is 21.7. The van der Waals surface area contributed by atoms with E-state index in [1.54, 1.807) is 6.07 Å². The van der Waals surface area contributed by atoms with Crippen LogP contribution in [-0.2, 0) is 4.74 Å². The number of carbonyl (C=O) groups is 1. The molecule has 2 aromatic rings. The standard InChI is InChI=1S/C21H24N4O4S/c1-13-10-14(2)19(15(3)11-13)22-21(30)23-20(26)17-12-16(25(27)28)4-5-18(17)24-6-8-29-9-7-24/h4-5,10-12H,6-9H2,1-3H3,(H2,22,23,26,30). The molecule has 158 valence electrons. The number of thiocarbonyl (C=S) groups is 1. The average Bonchev–Trinajstić information content (AvgIpc) is 2.70. The van der Waals surface area contributed by atoms with Crippen molar-refractivity contribution in [2.45, 2.75) is 20.8 Å². The van der Waals surface area contributed by atoms with Crippen LogP contribution in [0.5, 0.6) is 0 Å². The summed E-state index contributed by atoms with van der Waals surface area (Å²) >= 11 is 5.34. The maximum atomic E-state index is 13.0. The van der Waals surface area contributed by atoms with Gasteiger partial charge in [-0.1, -0.05) is 17.7 Å². The Hall–Kier alpha value is -3.04. The lowest BCUT2D eigenvalue weighted by Crippen LogP contribution is -2.39. The van der Waals surface area contributed by atoms with Crippen molar-refractivity contribution in [3.05, 3.63) is 62.7 Å². The predicted molar refractivity (Wildman–Crippen MR) is 120 cm³/mol. The number of benzene rings is 2. The predicted octanol–water partition coefficient (Wildman–Crippen LogP) is 3.48. The van der Waals surface area contributed by atoms with Gasteiger partial charge in [-0.25, -0.2) is 0 Å². The van der Waals surface area contributed by atoms with E-state index in [-0.39, 0.29) is 16.4 Å². The number of anilines is 2. The quantitative estimate of drug-likeness (QED) is 0.437. The number of hydrogen-bond donors (Lipinski definition) is 2. The molecule has 0 spiro atoms. The van der Waals surface area contributed by atoms with Crippen LogP contribution in [0, 0.1) is 30.9 Å². The van der Waals surface area contributed by atoms with Gasteiger partial charge >= 0.3 is 0 Å². The fourth-order valence-electron chi connectivity index (χ4n) is 3.59. The van der Waals surface area contributed by atoms with Gasteiger partial charge in [-0.3, -0.25) is 20.2 Å². The topological polar surface area (TPSA) is 96.7 Å². The smallest absolute Gasteiger partial charge is 0.270 e. The van der Waals surface area contributed by atoms with Crippen molar-refractivity contribution in [3.8, 4) is 0 Å². The summed E-state index contributed by atoms with van der Waals surface area (Å²) in [6.07, 6.45) is 0. The second kappa shape index (κ2) is 9.19. The average molecular weight is 429 g/mol. The fraction of sp³-hybridized carbons (Fsp3) is 0.333. The molecule has 0 unspecified atom stereocenters. The third-order valence-corrected chi connectivity index (χ3v) is 5.13. The van der Waals surface area contributed by atoms with Gasteiger partial charge in [0.1, 0.15) is 0 Å². The third-order valence-electron chi connectivity index (χ3n) is 4.93. The first-order valence-electron chi connectivity index (χ1n) is 9.57. The zero-order valence-electron chi connectivity index (χ0n) is 17.2. The van der Waals surface area contributed by atoms with Crippen LogP contribution in [0.25, 0.3) is 0 Å². The highest BCUT2D eigenvalue weighted by Crippen LogP contribution is 2.27. The molecule has 30 heavy (non-hydrogen) atoms. The number of non-ortho nitro benzene ring substituents is 1. The van der Waals surface area contributed by atoms with Crippen LogP contribution in [-0.4, -0.2) is 42.2 Å². The number of carbonyl (C=O) groups excluding carboxylic acids is 1. The largest absolute Gasteiger partial charge is 0.378 e. The Bertz CT molecular complexity index is 979. The lowest BCUT2D eigenvalue weighted by molar-refractivity contribution is -0.384. The van der Waals surface area contributed by atoms with E-state index in [0.29, 0.717) is 32.0 Å². The van der Waals surface area contributed by atoms with Gasteiger partial charge in [0.05, 0.1) is 29.4 Å². The van der Waals surface area contributed by atoms with Gasteiger partial charge in [0, 0.05) is 30.9 Å². The van der Waals surface area contributed by atoms with E-state index in [4.69, 9.17) is 17.0 Å². The molecule has 8 nitrogen and oxygen atoms in total. The van der Waals surface area contributed by atoms with Gasteiger partial charge in [-0.15, -0.1) is 0 Å². The molecule has 1 amide bonds. The summed E-state index contributed by atoms with van der Waals surface area (Å²) in [5.74, 6) is -0.500. The monoisotopic (exact) mass is 428 g/mol. The minimum atomic E-state index is -0.518. The molecule has 0 aromatic heterocycles. The first-order chi connectivity index (χ1) is 14.3. The van der Waals surface area contributed by atoms with Crippen molar-refractivity contribution < 1.29 is 14.5 Å². The van der Waals surface area contributed by atoms with Gasteiger partial charge in [0.15, 0.2) is 5.11 Å². The van der Waals surface area contributed by atoms with E-state index in [1.807, 2.05) is 37.8 Å². The molecule has 2 aromatic carbocycles. The molecule has 9 heteroatoms. The molecular weight excluding hydrogens is 404 g/mol. The number of amides is 1. The Morgan fingerprint density at radius 2 is 1.77 bits per heavy atom. The van der Waals surface area contributed by atoms with E-state index < -0.39 is 10.8 Å². The normalized spacial score (nSPS) is 13.6. The fourth-order valence-corrected chi connectivity index (χ4v) is 3.79. The van der Waals surface area contributed by atoms with Crippen molar-refractivity contribution in [1.82, 2.24) is 5.32 Å². The number of hydrogen-bond acceptors (Lipinski definition) is 6. The first-order valence-corrected chi connectivity index (χ1v) is 9.98. The van der Waals surface area contributed by atoms with E-state index >= 15 is 0 Å². The number of rotatable bonds is 4. The molecule has 0 aliphatic carbocycles. The molecule has 3 rings (SSSR count). The molecule has 0 atom stereocenters. The molecule has 1 saturated heterocycles. The number of morpholine rings is 1. The molecule has 1 fully saturated rings. The van der Waals surface area contributed by atoms with Gasteiger partial charge in [0.25, 0.3) is 11.6 Å². The summed E-state index contributed by atoms with van der Waals surface area (Å²) < 4.78 is 5.36. The molecule has 0 radical (unpaired) electrons. The Kier molecular flexibility index (Phi) is 6.63. The molecule has 0 bridgehead atoms. The highest BCUT2D eigenvalue weighted by Gasteiger charge is 2.23. The Labute approximate surface area is 180 Å². The van der Waals surface area contributed by atoms with Crippen LogP contribution in [0.3, 0.4) is 0 Å². The summed E-state index contributed by atoms with van der Waals surface area (Å²) in [6.45, 7) is 8.20. The number of nitrogens with one attached hydrogen (secondary N) is 2. The van der Waals surface area contributed by atoms with E-state index in [2.05, 4.69) is 10.6 Å². The maximum Gasteiger partial charge on any atom is 0.270 e. The van der Waals surface area contributed by atoms with Crippen molar-refractivity contribution in [3.63, 3.8) is 0 Å². The number of nitro benzene ring substituents is 1. The second-order valence-electron chi connectivity index (χ2n) is 7.24. The van der Waals surface area contributed by atoms with Crippen LogP contribution in [0.4, 0.5) is 17.1 Å². The van der Waals surface area contributed by atoms with Gasteiger partial charge in [-0.05, 0) is 50.2 Å². The van der Waals surface area contributed by atoms with Crippen LogP contribution >= 0.6 is 12.2 Å². The van der Waals surface area contributed by atoms with Crippen molar-refractivity contribution in [1.29, 1.82) is 0 Å². The number of nitrogens with zero attached hydrogens (tertiary/aromatic N) is 2. The summed E-state index contributed by atoms with van der Waals surface area (Å²) in [5.41, 5.74) is 4.65. The summed E-state index contributed by atoms with van der Waals surface area (Å²) in [5, 5.41) is 17.1. The third kappa shape index (κ3) is 4.92. The Morgan fingerprint density at radius 3 is 2.37 bits per heavy atom. The Morgan fingerprint density at radius 1 is 1.13 bits per heavy atom. The number of aryl methyl sites for hydroxylation is 3. The van der Waals surface area contributed by atoms with Crippen LogP contribution in [0.1, 0.15) is 27.0 Å². The number of nitro groups is 1. The minimum absolute atomic E-state index is 0.134. The van der Waals surface area contributed by atoms with Gasteiger partial charge in [-0.2, -0.15) is 0 Å². The molecule has 1 aliphatic heterocycles. The van der Waals surface area contributed by atoms with Crippen molar-refractivity contribution >= 4 is 40.3 Å². The second-order valence-corrected chi connectivity index (χ2v) is 7.65. The zero-order valence-corrected chi connectivity index (χ0v) is 18.0. The van der Waals surface area contributed by atoms with Crippen molar-refractivity contribution in [2.75, 3.05) is 36.5 Å². The summed E-state index contributed by atoms with van der Waals surface area (Å²) in [6, 6.07) is 8.33. The SMILES string of the molecule is Cc1cc(C)c(NC(=S)NC(=O)c2cc([N+](=O)[O-])ccc2N2CCOCC2)c(C)c1.